The second kappa shape index (κ2) is 4.51. The normalized spacial score (nSPS) is 10.3. The summed E-state index contributed by atoms with van der Waals surface area (Å²) >= 11 is 0. The molecule has 0 unspecified atom stereocenters. The lowest BCUT2D eigenvalue weighted by Gasteiger charge is -2.14. The summed E-state index contributed by atoms with van der Waals surface area (Å²) in [5.41, 5.74) is 0. The van der Waals surface area contributed by atoms with Gasteiger partial charge in [0.25, 0.3) is 0 Å². The second-order valence-electron chi connectivity index (χ2n) is 3.28. The highest BCUT2D eigenvalue weighted by Gasteiger charge is 2.11. The minimum atomic E-state index is -0.0677. The van der Waals surface area contributed by atoms with Gasteiger partial charge in [-0.25, -0.2) is 9.67 Å². The minimum absolute atomic E-state index is 0.0677. The van der Waals surface area contributed by atoms with E-state index >= 15 is 0 Å². The molecule has 84 valence electrons. The van der Waals surface area contributed by atoms with E-state index in [9.17, 15) is 4.79 Å². The van der Waals surface area contributed by atoms with Gasteiger partial charge in [-0.05, 0) is 0 Å². The van der Waals surface area contributed by atoms with Gasteiger partial charge in [0, 0.05) is 13.2 Å². The zero-order valence-corrected chi connectivity index (χ0v) is 8.74. The molecule has 0 bridgehead atoms. The summed E-state index contributed by atoms with van der Waals surface area (Å²) < 4.78 is 1.47. The molecule has 0 aromatic carbocycles. The monoisotopic (exact) mass is 221 g/mol. The van der Waals surface area contributed by atoms with Gasteiger partial charge in [-0.1, -0.05) is 5.21 Å². The van der Waals surface area contributed by atoms with Gasteiger partial charge in [0.2, 0.25) is 5.91 Å². The summed E-state index contributed by atoms with van der Waals surface area (Å²) in [7, 11) is 1.70. The number of hydrogen-bond donors (Lipinski definition) is 1. The summed E-state index contributed by atoms with van der Waals surface area (Å²) in [4.78, 5) is 17.2. The molecule has 0 aliphatic rings. The molecule has 8 nitrogen and oxygen atoms in total. The third kappa shape index (κ3) is 2.41. The van der Waals surface area contributed by atoms with Crippen LogP contribution in [0.1, 0.15) is 5.82 Å². The van der Waals surface area contributed by atoms with Crippen molar-refractivity contribution in [2.45, 2.75) is 13.1 Å². The van der Waals surface area contributed by atoms with Crippen molar-refractivity contribution in [1.29, 1.82) is 0 Å². The third-order valence-electron chi connectivity index (χ3n) is 2.05. The Balaban J connectivity index is 1.90. The molecule has 0 fully saturated rings. The number of likely N-dealkylation sites (N-methyl/N-ethyl adjacent to an activating group) is 1. The molecule has 0 saturated carbocycles. The van der Waals surface area contributed by atoms with Gasteiger partial charge in [-0.3, -0.25) is 9.89 Å². The molecule has 2 aromatic rings. The molecule has 0 atom stereocenters. The van der Waals surface area contributed by atoms with Crippen LogP contribution in [0.4, 0.5) is 0 Å². The summed E-state index contributed by atoms with van der Waals surface area (Å²) in [6, 6.07) is 0. The lowest BCUT2D eigenvalue weighted by Crippen LogP contribution is -2.30. The van der Waals surface area contributed by atoms with E-state index in [4.69, 9.17) is 0 Å². The fourth-order valence-electron chi connectivity index (χ4n) is 1.20. The molecule has 16 heavy (non-hydrogen) atoms. The molecule has 0 spiro atoms. The maximum atomic E-state index is 11.7. The van der Waals surface area contributed by atoms with Crippen LogP contribution >= 0.6 is 0 Å². The van der Waals surface area contributed by atoms with E-state index in [0.29, 0.717) is 12.4 Å². The predicted molar refractivity (Wildman–Crippen MR) is 52.9 cm³/mol. The molecule has 0 radical (unpaired) electrons. The summed E-state index contributed by atoms with van der Waals surface area (Å²) in [5.74, 6) is 0.580. The fraction of sp³-hybridized carbons (Fsp3) is 0.375. The first-order chi connectivity index (χ1) is 7.75. The van der Waals surface area contributed by atoms with Crippen LogP contribution in [0.2, 0.25) is 0 Å². The highest BCUT2D eigenvalue weighted by Crippen LogP contribution is 1.96. The Morgan fingerprint density at radius 2 is 2.50 bits per heavy atom. The average Bonchev–Trinajstić information content (AvgIpc) is 2.90. The zero-order chi connectivity index (χ0) is 11.4. The van der Waals surface area contributed by atoms with Crippen molar-refractivity contribution >= 4 is 5.91 Å². The predicted octanol–water partition coefficient (Wildman–Crippen LogP) is -0.945. The molecule has 0 aliphatic carbocycles. The lowest BCUT2D eigenvalue weighted by molar-refractivity contribution is -0.131. The lowest BCUT2D eigenvalue weighted by atomic mass is 10.4. The van der Waals surface area contributed by atoms with E-state index in [0.717, 1.165) is 0 Å². The Hall–Kier alpha value is -2.25. The van der Waals surface area contributed by atoms with Gasteiger partial charge in [0.1, 0.15) is 18.7 Å². The van der Waals surface area contributed by atoms with Gasteiger partial charge in [0.15, 0.2) is 0 Å². The van der Waals surface area contributed by atoms with E-state index in [2.05, 4.69) is 25.5 Å². The summed E-state index contributed by atoms with van der Waals surface area (Å²) in [6.07, 6.45) is 4.58. The number of hydrogen-bond acceptors (Lipinski definition) is 5. The second-order valence-corrected chi connectivity index (χ2v) is 3.28. The van der Waals surface area contributed by atoms with E-state index in [1.165, 1.54) is 17.2 Å². The van der Waals surface area contributed by atoms with Crippen molar-refractivity contribution in [2.75, 3.05) is 7.05 Å². The Bertz CT molecular complexity index is 435. The summed E-state index contributed by atoms with van der Waals surface area (Å²) in [6.45, 7) is 0.568. The SMILES string of the molecule is CN(Cc1ncn[nH]1)C(=O)Cn1ccnn1. The molecule has 8 heteroatoms. The largest absolute Gasteiger partial charge is 0.337 e. The number of carbonyl (C=O) groups excluding carboxylic acids is 1. The number of aromatic nitrogens is 6. The van der Waals surface area contributed by atoms with E-state index in [1.807, 2.05) is 0 Å². The Morgan fingerprint density at radius 3 is 3.12 bits per heavy atom. The van der Waals surface area contributed by atoms with Crippen LogP contribution in [0.5, 0.6) is 0 Å². The zero-order valence-electron chi connectivity index (χ0n) is 8.74. The quantitative estimate of drug-likeness (QED) is 0.718. The van der Waals surface area contributed by atoms with Crippen LogP contribution in [0.25, 0.3) is 0 Å². The van der Waals surface area contributed by atoms with Crippen LogP contribution in [-0.4, -0.2) is 48.0 Å². The standard InChI is InChI=1S/C8H11N7O/c1-14(4-7-9-6-11-12-7)8(16)5-15-3-2-10-13-15/h2-3,6H,4-5H2,1H3,(H,9,11,12). The number of nitrogens with zero attached hydrogens (tertiary/aromatic N) is 6. The van der Waals surface area contributed by atoms with E-state index in [1.54, 1.807) is 18.1 Å². The Kier molecular flexibility index (Phi) is 2.90. The van der Waals surface area contributed by atoms with Crippen molar-refractivity contribution < 1.29 is 4.79 Å². The van der Waals surface area contributed by atoms with Crippen LogP contribution in [0, 0.1) is 0 Å². The molecule has 0 saturated heterocycles. The van der Waals surface area contributed by atoms with E-state index in [-0.39, 0.29) is 12.5 Å². The molecular weight excluding hydrogens is 210 g/mol. The number of aromatic amines is 1. The third-order valence-corrected chi connectivity index (χ3v) is 2.05. The first-order valence-electron chi connectivity index (χ1n) is 4.68. The van der Waals surface area contributed by atoms with Crippen LogP contribution in [0.15, 0.2) is 18.7 Å². The molecule has 2 aromatic heterocycles. The fourth-order valence-corrected chi connectivity index (χ4v) is 1.20. The Labute approximate surface area is 91.3 Å². The maximum absolute atomic E-state index is 11.7. The van der Waals surface area contributed by atoms with Gasteiger partial charge >= 0.3 is 0 Å². The topological polar surface area (TPSA) is 92.6 Å². The van der Waals surface area contributed by atoms with Crippen LogP contribution in [0.3, 0.4) is 0 Å². The van der Waals surface area contributed by atoms with Crippen molar-refractivity contribution in [1.82, 2.24) is 35.1 Å². The molecule has 2 heterocycles. The van der Waals surface area contributed by atoms with Crippen LogP contribution < -0.4 is 0 Å². The molecule has 0 aliphatic heterocycles. The van der Waals surface area contributed by atoms with Crippen molar-refractivity contribution in [3.8, 4) is 0 Å². The average molecular weight is 221 g/mol. The number of amides is 1. The molecular formula is C8H11N7O. The maximum Gasteiger partial charge on any atom is 0.244 e. The van der Waals surface area contributed by atoms with Crippen molar-refractivity contribution in [3.05, 3.63) is 24.5 Å². The van der Waals surface area contributed by atoms with Crippen molar-refractivity contribution in [2.24, 2.45) is 0 Å². The number of carbonyl (C=O) groups is 1. The minimum Gasteiger partial charge on any atom is -0.337 e. The van der Waals surface area contributed by atoms with Crippen LogP contribution in [-0.2, 0) is 17.9 Å². The molecule has 1 N–H and O–H groups in total. The Morgan fingerprint density at radius 1 is 1.62 bits per heavy atom. The number of nitrogens with one attached hydrogen (secondary N) is 1. The first-order valence-corrected chi connectivity index (χ1v) is 4.68. The van der Waals surface area contributed by atoms with E-state index < -0.39 is 0 Å². The molecule has 2 rings (SSSR count). The number of H-pyrrole nitrogens is 1. The molecule has 1 amide bonds. The van der Waals surface area contributed by atoms with Gasteiger partial charge in [-0.2, -0.15) is 5.10 Å². The summed E-state index contributed by atoms with van der Waals surface area (Å²) in [5, 5.41) is 13.7. The first kappa shape index (κ1) is 10.3. The number of rotatable bonds is 4. The van der Waals surface area contributed by atoms with Gasteiger partial charge < -0.3 is 4.90 Å². The van der Waals surface area contributed by atoms with Gasteiger partial charge in [0.05, 0.1) is 12.7 Å². The van der Waals surface area contributed by atoms with Crippen molar-refractivity contribution in [3.63, 3.8) is 0 Å². The highest BCUT2D eigenvalue weighted by atomic mass is 16.2. The highest BCUT2D eigenvalue weighted by molar-refractivity contribution is 5.75. The van der Waals surface area contributed by atoms with Gasteiger partial charge in [-0.15, -0.1) is 5.10 Å². The smallest absolute Gasteiger partial charge is 0.244 e.